The van der Waals surface area contributed by atoms with Crippen molar-refractivity contribution in [2.24, 2.45) is 0 Å². The zero-order valence-electron chi connectivity index (χ0n) is 19.1. The summed E-state index contributed by atoms with van der Waals surface area (Å²) in [6.45, 7) is 23.7. The van der Waals surface area contributed by atoms with Crippen molar-refractivity contribution in [3.05, 3.63) is 63.5 Å². The van der Waals surface area contributed by atoms with Gasteiger partial charge in [-0.2, -0.15) is 0 Å². The van der Waals surface area contributed by atoms with Crippen LogP contribution in [-0.4, -0.2) is 4.98 Å². The Labute approximate surface area is 163 Å². The second-order valence-electron chi connectivity index (χ2n) is 7.49. The average molecular weight is 356 g/mol. The lowest BCUT2D eigenvalue weighted by Gasteiger charge is -2.14. The van der Waals surface area contributed by atoms with Gasteiger partial charge in [0.25, 0.3) is 0 Å². The van der Waals surface area contributed by atoms with Gasteiger partial charge in [0.2, 0.25) is 0 Å². The molecular formula is C25H41N. The van der Waals surface area contributed by atoms with E-state index in [1.54, 1.807) is 0 Å². The average Bonchev–Trinajstić information content (AvgIpc) is 2.55. The molecule has 1 unspecified atom stereocenters. The summed E-state index contributed by atoms with van der Waals surface area (Å²) in [5.41, 5.74) is 9.58. The fraction of sp³-hybridized carbons (Fsp3) is 0.560. The van der Waals surface area contributed by atoms with Gasteiger partial charge >= 0.3 is 0 Å². The zero-order valence-corrected chi connectivity index (χ0v) is 19.1. The molecule has 0 radical (unpaired) electrons. The third-order valence-corrected chi connectivity index (χ3v) is 4.65. The summed E-state index contributed by atoms with van der Waals surface area (Å²) in [5.74, 6) is 1.23. The Morgan fingerprint density at radius 1 is 0.769 bits per heavy atom. The highest BCUT2D eigenvalue weighted by Gasteiger charge is 2.07. The summed E-state index contributed by atoms with van der Waals surface area (Å²) in [7, 11) is 0. The molecule has 0 fully saturated rings. The Bertz CT molecular complexity index is 645. The second-order valence-corrected chi connectivity index (χ2v) is 7.49. The molecule has 1 aromatic carbocycles. The highest BCUT2D eigenvalue weighted by atomic mass is 14.7. The Morgan fingerprint density at radius 3 is 1.62 bits per heavy atom. The van der Waals surface area contributed by atoms with Gasteiger partial charge in [0.15, 0.2) is 0 Å². The smallest absolute Gasteiger partial charge is 0.0460 e. The van der Waals surface area contributed by atoms with E-state index in [1.165, 1.54) is 39.1 Å². The largest absolute Gasteiger partial charge is 0.260 e. The molecule has 2 aromatic rings. The molecule has 0 aliphatic rings. The molecule has 1 nitrogen and oxygen atoms in total. The summed E-state index contributed by atoms with van der Waals surface area (Å²) < 4.78 is 0. The number of hydrogen-bond donors (Lipinski definition) is 0. The molecule has 1 aromatic heterocycles. The molecule has 0 saturated heterocycles. The van der Waals surface area contributed by atoms with Crippen LogP contribution in [-0.2, 0) is 0 Å². The van der Waals surface area contributed by atoms with Crippen molar-refractivity contribution in [3.63, 3.8) is 0 Å². The third kappa shape index (κ3) is 7.32. The van der Waals surface area contributed by atoms with Crippen molar-refractivity contribution in [2.75, 3.05) is 0 Å². The summed E-state index contributed by atoms with van der Waals surface area (Å²) in [5, 5.41) is 0. The molecule has 146 valence electrons. The molecule has 0 N–H and O–H groups in total. The van der Waals surface area contributed by atoms with Crippen LogP contribution in [0.4, 0.5) is 0 Å². The van der Waals surface area contributed by atoms with E-state index in [0.29, 0.717) is 11.8 Å². The minimum Gasteiger partial charge on any atom is -0.260 e. The first-order valence-electron chi connectivity index (χ1n) is 10.2. The van der Waals surface area contributed by atoms with Crippen LogP contribution in [0, 0.1) is 34.6 Å². The molecule has 0 spiro atoms. The van der Waals surface area contributed by atoms with E-state index in [9.17, 15) is 0 Å². The number of benzene rings is 1. The molecule has 0 saturated carbocycles. The van der Waals surface area contributed by atoms with Crippen molar-refractivity contribution in [1.29, 1.82) is 0 Å². The zero-order chi connectivity index (χ0) is 20.4. The summed E-state index contributed by atoms with van der Waals surface area (Å²) in [6, 6.07) is 6.74. The van der Waals surface area contributed by atoms with Crippen molar-refractivity contribution < 1.29 is 0 Å². The van der Waals surface area contributed by atoms with Gasteiger partial charge in [-0.25, -0.2) is 0 Å². The first-order valence-corrected chi connectivity index (χ1v) is 10.2. The molecule has 2 rings (SSSR count). The lowest BCUT2D eigenvalue weighted by atomic mass is 9.92. The highest BCUT2D eigenvalue weighted by Crippen LogP contribution is 2.24. The Balaban J connectivity index is 0.000000439. The Kier molecular flexibility index (Phi) is 11.1. The topological polar surface area (TPSA) is 12.9 Å². The normalized spacial score (nSPS) is 11.2. The monoisotopic (exact) mass is 355 g/mol. The quantitative estimate of drug-likeness (QED) is 0.544. The maximum atomic E-state index is 4.45. The van der Waals surface area contributed by atoms with Crippen LogP contribution in [0.5, 0.6) is 0 Å². The minimum atomic E-state index is 0.589. The van der Waals surface area contributed by atoms with Crippen LogP contribution in [0.2, 0.25) is 0 Å². The van der Waals surface area contributed by atoms with Gasteiger partial charge in [0.05, 0.1) is 0 Å². The molecule has 1 heteroatoms. The summed E-state index contributed by atoms with van der Waals surface area (Å²) >= 11 is 0. The minimum absolute atomic E-state index is 0.589. The molecule has 0 amide bonds. The fourth-order valence-electron chi connectivity index (χ4n) is 3.54. The third-order valence-electron chi connectivity index (χ3n) is 4.65. The van der Waals surface area contributed by atoms with Crippen molar-refractivity contribution in [1.82, 2.24) is 4.98 Å². The van der Waals surface area contributed by atoms with Gasteiger partial charge in [-0.05, 0) is 80.7 Å². The van der Waals surface area contributed by atoms with Crippen molar-refractivity contribution >= 4 is 0 Å². The number of nitrogens with zero attached hydrogens (tertiary/aromatic N) is 1. The van der Waals surface area contributed by atoms with Gasteiger partial charge < -0.3 is 0 Å². The Hall–Kier alpha value is -1.63. The SMILES string of the molecule is CC.CCC(C)c1ncc(C)cc1C.Cc1cc(C)c(C(C)C)c(C)c1. The molecular weight excluding hydrogens is 314 g/mol. The van der Waals surface area contributed by atoms with E-state index in [-0.39, 0.29) is 0 Å². The van der Waals surface area contributed by atoms with Crippen LogP contribution >= 0.6 is 0 Å². The van der Waals surface area contributed by atoms with Gasteiger partial charge in [-0.3, -0.25) is 4.98 Å². The number of aryl methyl sites for hydroxylation is 5. The van der Waals surface area contributed by atoms with E-state index in [0.717, 1.165) is 6.42 Å². The van der Waals surface area contributed by atoms with E-state index >= 15 is 0 Å². The first kappa shape index (κ1) is 24.4. The van der Waals surface area contributed by atoms with Gasteiger partial charge in [-0.1, -0.05) is 65.3 Å². The van der Waals surface area contributed by atoms with E-state index < -0.39 is 0 Å². The summed E-state index contributed by atoms with van der Waals surface area (Å²) in [4.78, 5) is 4.45. The number of hydrogen-bond acceptors (Lipinski definition) is 1. The molecule has 1 heterocycles. The van der Waals surface area contributed by atoms with E-state index in [4.69, 9.17) is 0 Å². The van der Waals surface area contributed by atoms with Crippen LogP contribution in [0.25, 0.3) is 0 Å². The van der Waals surface area contributed by atoms with E-state index in [1.807, 2.05) is 20.0 Å². The standard InChI is InChI=1S/C12H18.C11H17N.C2H6/c1-8(2)12-10(4)6-9(3)7-11(12)5;1-5-9(3)11-10(4)6-8(2)7-12-11;1-2/h6-8H,1-5H3;6-7,9H,5H2,1-4H3;1-2H3. The highest BCUT2D eigenvalue weighted by molar-refractivity contribution is 5.39. The van der Waals surface area contributed by atoms with E-state index in [2.05, 4.69) is 85.5 Å². The van der Waals surface area contributed by atoms with Crippen molar-refractivity contribution in [2.45, 2.75) is 94.4 Å². The maximum absolute atomic E-state index is 4.45. The molecule has 0 bridgehead atoms. The van der Waals surface area contributed by atoms with Crippen LogP contribution < -0.4 is 0 Å². The van der Waals surface area contributed by atoms with Crippen LogP contribution in [0.1, 0.15) is 98.9 Å². The van der Waals surface area contributed by atoms with Gasteiger partial charge in [-0.15, -0.1) is 0 Å². The molecule has 1 atom stereocenters. The predicted octanol–water partition coefficient (Wildman–Crippen LogP) is 7.97. The fourth-order valence-corrected chi connectivity index (χ4v) is 3.54. The predicted molar refractivity (Wildman–Crippen MR) is 119 cm³/mol. The lowest BCUT2D eigenvalue weighted by molar-refractivity contribution is 0.701. The second kappa shape index (κ2) is 11.9. The Morgan fingerprint density at radius 2 is 1.23 bits per heavy atom. The van der Waals surface area contributed by atoms with Gasteiger partial charge in [0, 0.05) is 11.9 Å². The number of rotatable bonds is 3. The van der Waals surface area contributed by atoms with Crippen LogP contribution in [0.3, 0.4) is 0 Å². The van der Waals surface area contributed by atoms with Crippen LogP contribution in [0.15, 0.2) is 24.4 Å². The molecule has 26 heavy (non-hydrogen) atoms. The number of aromatic nitrogens is 1. The lowest BCUT2D eigenvalue weighted by Crippen LogP contribution is -1.99. The maximum Gasteiger partial charge on any atom is 0.0460 e. The van der Waals surface area contributed by atoms with Crippen molar-refractivity contribution in [3.8, 4) is 0 Å². The first-order chi connectivity index (χ1) is 12.2. The molecule has 0 aliphatic heterocycles. The van der Waals surface area contributed by atoms with Gasteiger partial charge in [0.1, 0.15) is 0 Å². The number of pyridine rings is 1. The molecule has 0 aliphatic carbocycles. The summed E-state index contributed by atoms with van der Waals surface area (Å²) in [6.07, 6.45) is 3.12.